The molecule has 0 aliphatic carbocycles. The first-order chi connectivity index (χ1) is 15.5. The minimum atomic E-state index is -3.59. The Hall–Kier alpha value is -2.59. The number of nitrogens with two attached hydrogens (primary N) is 1. The molecule has 1 unspecified atom stereocenters. The third-order valence-electron chi connectivity index (χ3n) is 5.56. The van der Waals surface area contributed by atoms with Crippen LogP contribution in [-0.4, -0.2) is 49.6 Å². The van der Waals surface area contributed by atoms with Gasteiger partial charge in [-0.25, -0.2) is 17.8 Å². The Labute approximate surface area is 187 Å². The highest BCUT2D eigenvalue weighted by Gasteiger charge is 2.30. The summed E-state index contributed by atoms with van der Waals surface area (Å²) in [6, 6.07) is 12.5. The molecular formula is C23H27FN4O3S. The Morgan fingerprint density at radius 1 is 1.31 bits per heavy atom. The van der Waals surface area contributed by atoms with Crippen LogP contribution >= 0.6 is 0 Å². The minimum absolute atomic E-state index is 0.0763. The van der Waals surface area contributed by atoms with Crippen LogP contribution in [0.25, 0.3) is 22.2 Å². The van der Waals surface area contributed by atoms with Gasteiger partial charge in [-0.3, -0.25) is 0 Å². The first-order valence-corrected chi connectivity index (χ1v) is 12.2. The first-order valence-electron chi connectivity index (χ1n) is 10.6. The number of ether oxygens (including phenoxy) is 1. The number of rotatable bonds is 7. The number of aromatic nitrogens is 2. The van der Waals surface area contributed by atoms with Crippen LogP contribution in [0.3, 0.4) is 0 Å². The van der Waals surface area contributed by atoms with Gasteiger partial charge < -0.3 is 20.4 Å². The van der Waals surface area contributed by atoms with Crippen molar-refractivity contribution in [3.8, 4) is 11.1 Å². The number of halogens is 1. The van der Waals surface area contributed by atoms with E-state index in [0.29, 0.717) is 19.6 Å². The smallest absolute Gasteiger partial charge is 0.206 e. The maximum Gasteiger partial charge on any atom is 0.206 e. The van der Waals surface area contributed by atoms with Gasteiger partial charge in [0.1, 0.15) is 11.7 Å². The van der Waals surface area contributed by atoms with Crippen molar-refractivity contribution >= 4 is 20.9 Å². The number of nitrogens with zero attached hydrogens (tertiary/aromatic N) is 2. The Kier molecular flexibility index (Phi) is 6.71. The van der Waals surface area contributed by atoms with Crippen LogP contribution in [0.2, 0.25) is 0 Å². The second-order valence-corrected chi connectivity index (χ2v) is 9.69. The van der Waals surface area contributed by atoms with Crippen molar-refractivity contribution < 1.29 is 17.5 Å². The monoisotopic (exact) mass is 458 g/mol. The number of hydrogen-bond acceptors (Lipinski definition) is 6. The van der Waals surface area contributed by atoms with E-state index >= 15 is 0 Å². The normalized spacial score (nSPS) is 17.7. The van der Waals surface area contributed by atoms with Crippen LogP contribution in [0.4, 0.5) is 4.39 Å². The van der Waals surface area contributed by atoms with Crippen LogP contribution in [0.15, 0.2) is 59.3 Å². The summed E-state index contributed by atoms with van der Waals surface area (Å²) in [7, 11) is -3.59. The van der Waals surface area contributed by atoms with Crippen molar-refractivity contribution in [2.75, 3.05) is 26.2 Å². The molecule has 1 fully saturated rings. The van der Waals surface area contributed by atoms with Gasteiger partial charge in [-0.05, 0) is 29.8 Å². The Morgan fingerprint density at radius 2 is 2.09 bits per heavy atom. The van der Waals surface area contributed by atoms with E-state index in [9.17, 15) is 12.8 Å². The van der Waals surface area contributed by atoms with Gasteiger partial charge in [0.2, 0.25) is 9.84 Å². The number of morpholine rings is 1. The standard InChI is InChI=1S/C23H27FN4O3S/c1-2-21-27-23-19(4-3-5-20(23)28(21)15-17(24)10-11-25)16-6-8-18(9-7-16)32(29,30)22-14-26-12-13-31-22/h3-10,22,26H,2,11-15,25H2,1H3/b17-10-. The molecule has 7 nitrogen and oxygen atoms in total. The first kappa shape index (κ1) is 22.6. The van der Waals surface area contributed by atoms with Crippen LogP contribution < -0.4 is 11.1 Å². The molecule has 3 N–H and O–H groups in total. The highest BCUT2D eigenvalue weighted by molar-refractivity contribution is 7.92. The lowest BCUT2D eigenvalue weighted by atomic mass is 10.0. The van der Waals surface area contributed by atoms with Gasteiger partial charge in [0, 0.05) is 31.6 Å². The largest absolute Gasteiger partial charge is 0.359 e. The minimum Gasteiger partial charge on any atom is -0.359 e. The van der Waals surface area contributed by atoms with Gasteiger partial charge >= 0.3 is 0 Å². The molecule has 1 aromatic heterocycles. The van der Waals surface area contributed by atoms with Crippen molar-refractivity contribution in [2.24, 2.45) is 5.73 Å². The van der Waals surface area contributed by atoms with E-state index in [1.165, 1.54) is 6.08 Å². The quantitative estimate of drug-likeness (QED) is 0.565. The maximum atomic E-state index is 14.2. The van der Waals surface area contributed by atoms with Crippen molar-refractivity contribution in [2.45, 2.75) is 30.2 Å². The topological polar surface area (TPSA) is 99.2 Å². The van der Waals surface area contributed by atoms with Crippen LogP contribution in [0.5, 0.6) is 0 Å². The number of sulfone groups is 1. The SMILES string of the molecule is CCc1nc2c(-c3ccc(S(=O)(=O)C4CNCCO4)cc3)cccc2n1C/C(F)=C/CN. The second kappa shape index (κ2) is 9.50. The fourth-order valence-electron chi connectivity index (χ4n) is 3.93. The molecule has 3 aromatic rings. The predicted molar refractivity (Wildman–Crippen MR) is 123 cm³/mol. The molecule has 0 bridgehead atoms. The molecule has 0 amide bonds. The summed E-state index contributed by atoms with van der Waals surface area (Å²) in [5, 5.41) is 3.05. The molecule has 1 saturated heterocycles. The van der Waals surface area contributed by atoms with Gasteiger partial charge in [-0.2, -0.15) is 0 Å². The van der Waals surface area contributed by atoms with E-state index in [2.05, 4.69) is 5.32 Å². The lowest BCUT2D eigenvalue weighted by Gasteiger charge is -2.23. The van der Waals surface area contributed by atoms with Crippen LogP contribution in [0, 0.1) is 0 Å². The Morgan fingerprint density at radius 3 is 2.75 bits per heavy atom. The molecule has 0 saturated carbocycles. The summed E-state index contributed by atoms with van der Waals surface area (Å²) >= 11 is 0. The van der Waals surface area contributed by atoms with E-state index in [0.717, 1.165) is 28.0 Å². The molecule has 9 heteroatoms. The van der Waals surface area contributed by atoms with Crippen LogP contribution in [-0.2, 0) is 27.5 Å². The number of aryl methyl sites for hydroxylation is 1. The number of allylic oxidation sites excluding steroid dienone is 1. The van der Waals surface area contributed by atoms with E-state index in [4.69, 9.17) is 15.5 Å². The molecule has 1 aliphatic heterocycles. The van der Waals surface area contributed by atoms with Crippen molar-refractivity contribution in [3.63, 3.8) is 0 Å². The fourth-order valence-corrected chi connectivity index (χ4v) is 5.37. The molecule has 0 radical (unpaired) electrons. The maximum absolute atomic E-state index is 14.2. The summed E-state index contributed by atoms with van der Waals surface area (Å²) in [6.45, 7) is 3.48. The number of nitrogens with one attached hydrogen (secondary N) is 1. The molecule has 32 heavy (non-hydrogen) atoms. The zero-order valence-electron chi connectivity index (χ0n) is 17.9. The van der Waals surface area contributed by atoms with Gasteiger partial charge in [0.25, 0.3) is 0 Å². The van der Waals surface area contributed by atoms with Gasteiger partial charge in [-0.1, -0.05) is 31.2 Å². The fraction of sp³-hybridized carbons (Fsp3) is 0.348. The molecule has 0 spiro atoms. The van der Waals surface area contributed by atoms with Gasteiger partial charge in [-0.15, -0.1) is 0 Å². The van der Waals surface area contributed by atoms with Crippen LogP contribution in [0.1, 0.15) is 12.7 Å². The number of hydrogen-bond donors (Lipinski definition) is 2. The Bertz CT molecular complexity index is 1230. The molecular weight excluding hydrogens is 431 g/mol. The molecule has 1 atom stereocenters. The zero-order chi connectivity index (χ0) is 22.7. The number of fused-ring (bicyclic) bond motifs is 1. The summed E-state index contributed by atoms with van der Waals surface area (Å²) in [5.74, 6) is 0.468. The molecule has 170 valence electrons. The molecule has 2 heterocycles. The number of imidazole rings is 1. The van der Waals surface area contributed by atoms with Crippen molar-refractivity contribution in [1.29, 1.82) is 0 Å². The van der Waals surface area contributed by atoms with E-state index in [-0.39, 0.29) is 30.4 Å². The molecule has 4 rings (SSSR count). The van der Waals surface area contributed by atoms with E-state index in [1.807, 2.05) is 29.7 Å². The summed E-state index contributed by atoms with van der Waals surface area (Å²) < 4.78 is 47.2. The average Bonchev–Trinajstić information content (AvgIpc) is 3.17. The highest BCUT2D eigenvalue weighted by atomic mass is 32.2. The lowest BCUT2D eigenvalue weighted by molar-refractivity contribution is 0.0785. The lowest BCUT2D eigenvalue weighted by Crippen LogP contribution is -2.42. The summed E-state index contributed by atoms with van der Waals surface area (Å²) in [5.41, 5.74) is 7.82. The molecule has 2 aromatic carbocycles. The Balaban J connectivity index is 1.71. The number of para-hydroxylation sites is 1. The number of benzene rings is 2. The van der Waals surface area contributed by atoms with Gasteiger partial charge in [0.15, 0.2) is 5.44 Å². The van der Waals surface area contributed by atoms with Gasteiger partial charge in [0.05, 0.1) is 29.1 Å². The van der Waals surface area contributed by atoms with Crippen molar-refractivity contribution in [1.82, 2.24) is 14.9 Å². The third-order valence-corrected chi connectivity index (χ3v) is 7.48. The molecule has 1 aliphatic rings. The predicted octanol–water partition coefficient (Wildman–Crippen LogP) is 2.80. The van der Waals surface area contributed by atoms with E-state index < -0.39 is 15.3 Å². The average molecular weight is 459 g/mol. The van der Waals surface area contributed by atoms with Crippen molar-refractivity contribution in [3.05, 3.63) is 60.2 Å². The summed E-state index contributed by atoms with van der Waals surface area (Å²) in [4.78, 5) is 4.98. The third kappa shape index (κ3) is 4.33. The van der Waals surface area contributed by atoms with E-state index in [1.54, 1.807) is 24.3 Å². The zero-order valence-corrected chi connectivity index (χ0v) is 18.7. The second-order valence-electron chi connectivity index (χ2n) is 7.60. The highest BCUT2D eigenvalue weighted by Crippen LogP contribution is 2.31. The summed E-state index contributed by atoms with van der Waals surface area (Å²) in [6.07, 6.45) is 2.01.